The summed E-state index contributed by atoms with van der Waals surface area (Å²) in [4.78, 5) is 11.4. The van der Waals surface area contributed by atoms with Gasteiger partial charge in [0, 0.05) is 12.2 Å². The highest BCUT2D eigenvalue weighted by Crippen LogP contribution is 2.05. The molecule has 0 N–H and O–H groups in total. The van der Waals surface area contributed by atoms with Crippen LogP contribution in [0.3, 0.4) is 0 Å². The number of allylic oxidation sites excluding steroid dienone is 2. The fourth-order valence-electron chi connectivity index (χ4n) is 1.25. The number of rotatable bonds is 5. The normalized spacial score (nSPS) is 11.5. The van der Waals surface area contributed by atoms with Crippen LogP contribution in [0.5, 0.6) is 0 Å². The largest absolute Gasteiger partial charge is 0.294 e. The van der Waals surface area contributed by atoms with Crippen LogP contribution in [0, 0.1) is 0 Å². The van der Waals surface area contributed by atoms with E-state index in [-0.39, 0.29) is 5.78 Å². The van der Waals surface area contributed by atoms with E-state index in [1.54, 1.807) is 6.08 Å². The van der Waals surface area contributed by atoms with Crippen molar-refractivity contribution in [1.82, 2.24) is 9.78 Å². The van der Waals surface area contributed by atoms with Crippen molar-refractivity contribution in [2.45, 2.75) is 39.7 Å². The van der Waals surface area contributed by atoms with Crippen LogP contribution in [0.1, 0.15) is 38.9 Å². The third-order valence-electron chi connectivity index (χ3n) is 2.09. The topological polar surface area (TPSA) is 34.9 Å². The minimum absolute atomic E-state index is 0.117. The summed E-state index contributed by atoms with van der Waals surface area (Å²) in [5, 5.41) is 4.32. The van der Waals surface area contributed by atoms with Gasteiger partial charge < -0.3 is 0 Å². The summed E-state index contributed by atoms with van der Waals surface area (Å²) in [6, 6.07) is 2.25. The smallest absolute Gasteiger partial charge is 0.161 e. The first-order chi connectivity index (χ1) is 7.13. The van der Waals surface area contributed by atoms with E-state index >= 15 is 0 Å². The van der Waals surface area contributed by atoms with Crippen LogP contribution in [0.2, 0.25) is 0 Å². The molecule has 0 atom stereocenters. The van der Waals surface area contributed by atoms with Crippen molar-refractivity contribution in [2.24, 2.45) is 0 Å². The SMILES string of the molecule is CC/C=C/C(=O)Cc1ccn(C(C)C)n1. The Morgan fingerprint density at radius 1 is 1.60 bits per heavy atom. The van der Waals surface area contributed by atoms with Gasteiger partial charge in [0.05, 0.1) is 12.1 Å². The lowest BCUT2D eigenvalue weighted by Gasteiger charge is -2.03. The molecule has 0 bridgehead atoms. The van der Waals surface area contributed by atoms with Crippen LogP contribution in [-0.4, -0.2) is 15.6 Å². The highest BCUT2D eigenvalue weighted by Gasteiger charge is 2.04. The van der Waals surface area contributed by atoms with Crippen LogP contribution in [0.15, 0.2) is 24.4 Å². The Morgan fingerprint density at radius 2 is 2.33 bits per heavy atom. The molecule has 82 valence electrons. The van der Waals surface area contributed by atoms with Gasteiger partial charge in [-0.15, -0.1) is 0 Å². The Kier molecular flexibility index (Phi) is 4.28. The quantitative estimate of drug-likeness (QED) is 0.694. The summed E-state index contributed by atoms with van der Waals surface area (Å²) in [5.74, 6) is 0.117. The molecule has 0 radical (unpaired) electrons. The van der Waals surface area contributed by atoms with Crippen molar-refractivity contribution in [3.8, 4) is 0 Å². The molecule has 0 saturated carbocycles. The van der Waals surface area contributed by atoms with Crippen molar-refractivity contribution >= 4 is 5.78 Å². The molecule has 0 aliphatic rings. The molecular formula is C12H18N2O. The molecule has 3 nitrogen and oxygen atoms in total. The number of hydrogen-bond acceptors (Lipinski definition) is 2. The Morgan fingerprint density at radius 3 is 2.87 bits per heavy atom. The summed E-state index contributed by atoms with van der Waals surface area (Å²) in [7, 11) is 0. The van der Waals surface area contributed by atoms with Crippen molar-refractivity contribution in [3.05, 3.63) is 30.1 Å². The molecule has 1 aromatic heterocycles. The maximum Gasteiger partial charge on any atom is 0.161 e. The van der Waals surface area contributed by atoms with Crippen molar-refractivity contribution in [1.29, 1.82) is 0 Å². The number of hydrogen-bond donors (Lipinski definition) is 0. The van der Waals surface area contributed by atoms with Gasteiger partial charge in [-0.2, -0.15) is 5.10 Å². The van der Waals surface area contributed by atoms with Gasteiger partial charge in [0.1, 0.15) is 0 Å². The maximum absolute atomic E-state index is 11.4. The van der Waals surface area contributed by atoms with Crippen molar-refractivity contribution < 1.29 is 4.79 Å². The number of nitrogens with zero attached hydrogens (tertiary/aromatic N) is 2. The van der Waals surface area contributed by atoms with Crippen LogP contribution in [-0.2, 0) is 11.2 Å². The molecule has 0 aromatic carbocycles. The number of ketones is 1. The lowest BCUT2D eigenvalue weighted by molar-refractivity contribution is -0.114. The molecule has 0 aliphatic carbocycles. The molecule has 1 heterocycles. The van der Waals surface area contributed by atoms with E-state index in [0.29, 0.717) is 12.5 Å². The molecule has 1 aromatic rings. The third kappa shape index (κ3) is 3.70. The minimum Gasteiger partial charge on any atom is -0.294 e. The first-order valence-corrected chi connectivity index (χ1v) is 5.37. The zero-order chi connectivity index (χ0) is 11.3. The van der Waals surface area contributed by atoms with Crippen molar-refractivity contribution in [3.63, 3.8) is 0 Å². The Labute approximate surface area is 90.8 Å². The van der Waals surface area contributed by atoms with Gasteiger partial charge in [0.2, 0.25) is 0 Å². The molecule has 1 rings (SSSR count). The second kappa shape index (κ2) is 5.49. The first-order valence-electron chi connectivity index (χ1n) is 5.37. The van der Waals surface area contributed by atoms with E-state index in [9.17, 15) is 4.79 Å². The van der Waals surface area contributed by atoms with Gasteiger partial charge in [-0.3, -0.25) is 9.48 Å². The van der Waals surface area contributed by atoms with Gasteiger partial charge in [-0.25, -0.2) is 0 Å². The summed E-state index contributed by atoms with van der Waals surface area (Å²) in [6.45, 7) is 6.14. The second-order valence-corrected chi connectivity index (χ2v) is 3.83. The molecule has 0 unspecified atom stereocenters. The predicted molar refractivity (Wildman–Crippen MR) is 60.8 cm³/mol. The van der Waals surface area contributed by atoms with Gasteiger partial charge in [0.15, 0.2) is 5.78 Å². The van der Waals surface area contributed by atoms with Crippen LogP contribution >= 0.6 is 0 Å². The fourth-order valence-corrected chi connectivity index (χ4v) is 1.25. The molecular weight excluding hydrogens is 188 g/mol. The summed E-state index contributed by atoms with van der Waals surface area (Å²) in [5.41, 5.74) is 0.842. The molecule has 0 saturated heterocycles. The standard InChI is InChI=1S/C12H18N2O/c1-4-5-6-12(15)9-11-7-8-14(13-11)10(2)3/h5-8,10H,4,9H2,1-3H3/b6-5+. The number of carbonyl (C=O) groups is 1. The van der Waals surface area contributed by atoms with Gasteiger partial charge in [0.25, 0.3) is 0 Å². The predicted octanol–water partition coefficient (Wildman–Crippen LogP) is 2.54. The maximum atomic E-state index is 11.4. The van der Waals surface area contributed by atoms with E-state index < -0.39 is 0 Å². The van der Waals surface area contributed by atoms with Gasteiger partial charge in [-0.05, 0) is 32.4 Å². The highest BCUT2D eigenvalue weighted by molar-refractivity contribution is 5.91. The highest BCUT2D eigenvalue weighted by atomic mass is 16.1. The zero-order valence-electron chi connectivity index (χ0n) is 9.60. The number of aromatic nitrogens is 2. The monoisotopic (exact) mass is 206 g/mol. The van der Waals surface area contributed by atoms with E-state index in [4.69, 9.17) is 0 Å². The summed E-state index contributed by atoms with van der Waals surface area (Å²) in [6.07, 6.45) is 6.72. The number of carbonyl (C=O) groups excluding carboxylic acids is 1. The molecule has 0 aliphatic heterocycles. The Hall–Kier alpha value is -1.38. The van der Waals surface area contributed by atoms with Crippen LogP contribution in [0.25, 0.3) is 0 Å². The molecule has 3 heteroatoms. The van der Waals surface area contributed by atoms with Crippen molar-refractivity contribution in [2.75, 3.05) is 0 Å². The minimum atomic E-state index is 0.117. The Balaban J connectivity index is 2.57. The summed E-state index contributed by atoms with van der Waals surface area (Å²) >= 11 is 0. The van der Waals surface area contributed by atoms with E-state index in [2.05, 4.69) is 18.9 Å². The van der Waals surface area contributed by atoms with Crippen LogP contribution in [0.4, 0.5) is 0 Å². The van der Waals surface area contributed by atoms with Gasteiger partial charge >= 0.3 is 0 Å². The van der Waals surface area contributed by atoms with Gasteiger partial charge in [-0.1, -0.05) is 13.0 Å². The average molecular weight is 206 g/mol. The van der Waals surface area contributed by atoms with E-state index in [1.165, 1.54) is 0 Å². The summed E-state index contributed by atoms with van der Waals surface area (Å²) < 4.78 is 1.87. The lowest BCUT2D eigenvalue weighted by Crippen LogP contribution is -2.04. The first kappa shape index (κ1) is 11.7. The third-order valence-corrected chi connectivity index (χ3v) is 2.09. The molecule has 0 spiro atoms. The Bertz CT molecular complexity index is 350. The fraction of sp³-hybridized carbons (Fsp3) is 0.500. The molecule has 15 heavy (non-hydrogen) atoms. The van der Waals surface area contributed by atoms with E-state index in [0.717, 1.165) is 12.1 Å². The van der Waals surface area contributed by atoms with E-state index in [1.807, 2.05) is 29.9 Å². The lowest BCUT2D eigenvalue weighted by atomic mass is 10.2. The second-order valence-electron chi connectivity index (χ2n) is 3.83. The van der Waals surface area contributed by atoms with Crippen LogP contribution < -0.4 is 0 Å². The zero-order valence-corrected chi connectivity index (χ0v) is 9.60. The average Bonchev–Trinajstić information content (AvgIpc) is 2.63. The molecule has 0 amide bonds. The molecule has 0 fully saturated rings.